The van der Waals surface area contributed by atoms with Gasteiger partial charge in [-0.1, -0.05) is 45.2 Å². The van der Waals surface area contributed by atoms with Gasteiger partial charge in [0, 0.05) is 24.3 Å². The van der Waals surface area contributed by atoms with E-state index < -0.39 is 0 Å². The van der Waals surface area contributed by atoms with Gasteiger partial charge in [0.05, 0.1) is 6.61 Å². The van der Waals surface area contributed by atoms with Gasteiger partial charge < -0.3 is 27.6 Å². The molecule has 196 valence electrons. The van der Waals surface area contributed by atoms with Gasteiger partial charge in [-0.15, -0.1) is 4.68 Å². The van der Waals surface area contributed by atoms with Crippen LogP contribution < -0.4 is 27.6 Å². The molecule has 1 aliphatic carbocycles. The van der Waals surface area contributed by atoms with Gasteiger partial charge >= 0.3 is 11.6 Å². The van der Waals surface area contributed by atoms with E-state index in [1.54, 1.807) is 10.7 Å². The van der Waals surface area contributed by atoms with E-state index in [1.165, 1.54) is 17.4 Å². The van der Waals surface area contributed by atoms with E-state index in [4.69, 9.17) is 15.2 Å². The zero-order chi connectivity index (χ0) is 25.2. The molecule has 2 aromatic heterocycles. The number of rotatable bonds is 11. The van der Waals surface area contributed by atoms with Gasteiger partial charge in [-0.05, 0) is 70.5 Å². The summed E-state index contributed by atoms with van der Waals surface area (Å²) < 4.78 is 15.0. The number of nitrogens with zero attached hydrogens (tertiary/aromatic N) is 4. The first kappa shape index (κ1) is 27.9. The number of hydrogen-bond donors (Lipinski definition) is 1. The number of anilines is 1. The van der Waals surface area contributed by atoms with Crippen molar-refractivity contribution in [3.8, 4) is 5.88 Å². The molecule has 2 N–H and O–H groups in total. The number of halogens is 1. The molecule has 1 fully saturated rings. The maximum absolute atomic E-state index is 13.4. The highest BCUT2D eigenvalue weighted by molar-refractivity contribution is 5.95. The fraction of sp³-hybridized carbons (Fsp3) is 0.556. The third-order valence-electron chi connectivity index (χ3n) is 6.49. The molecule has 1 aliphatic rings. The van der Waals surface area contributed by atoms with Crippen molar-refractivity contribution in [1.82, 2.24) is 14.7 Å². The van der Waals surface area contributed by atoms with E-state index >= 15 is 0 Å². The maximum Gasteiger partial charge on any atom is 0.355 e. The Morgan fingerprint density at radius 1 is 1.19 bits per heavy atom. The van der Waals surface area contributed by atoms with Gasteiger partial charge in [0.15, 0.2) is 6.54 Å². The largest absolute Gasteiger partial charge is 1.00 e. The molecule has 0 spiro atoms. The van der Waals surface area contributed by atoms with Gasteiger partial charge in [0.2, 0.25) is 5.78 Å². The van der Waals surface area contributed by atoms with Crippen LogP contribution in [-0.4, -0.2) is 33.2 Å². The van der Waals surface area contributed by atoms with Crippen molar-refractivity contribution in [3.05, 3.63) is 47.0 Å². The molecule has 0 amide bonds. The molecule has 0 bridgehead atoms. The highest BCUT2D eigenvalue weighted by atomic mass is 35.5. The number of ether oxygens (including phenoxy) is 2. The van der Waals surface area contributed by atoms with Crippen LogP contribution in [0.1, 0.15) is 81.8 Å². The Morgan fingerprint density at radius 3 is 2.56 bits per heavy atom. The predicted octanol–water partition coefficient (Wildman–Crippen LogP) is 1.28. The maximum atomic E-state index is 13.4. The highest BCUT2D eigenvalue weighted by Gasteiger charge is 2.25. The molecule has 0 atom stereocenters. The molecule has 4 rings (SSSR count). The van der Waals surface area contributed by atoms with Crippen molar-refractivity contribution in [1.29, 1.82) is 0 Å². The van der Waals surface area contributed by atoms with Crippen LogP contribution in [-0.2, 0) is 23.3 Å². The average molecular weight is 516 g/mol. The molecule has 0 unspecified atom stereocenters. The van der Waals surface area contributed by atoms with E-state index in [9.17, 15) is 4.79 Å². The van der Waals surface area contributed by atoms with E-state index in [1.807, 2.05) is 18.2 Å². The normalized spacial score (nSPS) is 13.7. The van der Waals surface area contributed by atoms with E-state index in [0.29, 0.717) is 29.6 Å². The number of benzene rings is 1. The van der Waals surface area contributed by atoms with Crippen LogP contribution in [0.2, 0.25) is 0 Å². The second-order valence-corrected chi connectivity index (χ2v) is 10.6. The summed E-state index contributed by atoms with van der Waals surface area (Å²) in [5.74, 6) is 1.36. The molecule has 3 aromatic rings. The quantitative estimate of drug-likeness (QED) is 0.305. The topological polar surface area (TPSA) is 95.6 Å². The van der Waals surface area contributed by atoms with E-state index in [0.717, 1.165) is 30.6 Å². The van der Waals surface area contributed by atoms with Gasteiger partial charge in [0.1, 0.15) is 6.10 Å². The Kier molecular flexibility index (Phi) is 8.95. The molecule has 0 aliphatic heterocycles. The number of carbonyl (C=O) groups is 1. The summed E-state index contributed by atoms with van der Waals surface area (Å²) in [5, 5.41) is 8.86. The number of ketones is 1. The second-order valence-electron chi connectivity index (χ2n) is 10.6. The van der Waals surface area contributed by atoms with Crippen LogP contribution in [0.3, 0.4) is 0 Å². The van der Waals surface area contributed by atoms with Crippen molar-refractivity contribution in [3.63, 3.8) is 0 Å². The van der Waals surface area contributed by atoms with Gasteiger partial charge in [-0.3, -0.25) is 4.79 Å². The Hall–Kier alpha value is -2.71. The Balaban J connectivity index is 0.00000361. The van der Waals surface area contributed by atoms with E-state index in [2.05, 4.69) is 50.9 Å². The molecule has 1 saturated carbocycles. The summed E-state index contributed by atoms with van der Waals surface area (Å²) in [6.07, 6.45) is 4.39. The van der Waals surface area contributed by atoms with Crippen LogP contribution in [0.15, 0.2) is 30.3 Å². The number of Topliss-reactive ketones (excluding diaryl/α,β-unsaturated/α-hetero) is 1. The third kappa shape index (κ3) is 6.73. The molecule has 0 radical (unpaired) electrons. The fourth-order valence-corrected chi connectivity index (χ4v) is 4.01. The number of nitrogen functional groups attached to an aromatic ring is 1. The molecule has 2 heterocycles. The molecule has 8 nitrogen and oxygen atoms in total. The zero-order valence-electron chi connectivity index (χ0n) is 22.0. The van der Waals surface area contributed by atoms with Gasteiger partial charge in [-0.2, -0.15) is 0 Å². The second kappa shape index (κ2) is 11.6. The number of aromatic nitrogens is 4. The third-order valence-corrected chi connectivity index (χ3v) is 6.49. The Morgan fingerprint density at radius 2 is 1.92 bits per heavy atom. The lowest BCUT2D eigenvalue weighted by atomic mass is 9.84. The minimum absolute atomic E-state index is 0. The van der Waals surface area contributed by atoms with Crippen LogP contribution >= 0.6 is 0 Å². The predicted molar refractivity (Wildman–Crippen MR) is 134 cm³/mol. The summed E-state index contributed by atoms with van der Waals surface area (Å²) in [7, 11) is 0. The molecule has 1 aromatic carbocycles. The summed E-state index contributed by atoms with van der Waals surface area (Å²) in [4.78, 5) is 13.4. The van der Waals surface area contributed by atoms with Gasteiger partial charge in [0.25, 0.3) is 5.88 Å². The lowest BCUT2D eigenvalue weighted by molar-refractivity contribution is -0.714. The van der Waals surface area contributed by atoms with Crippen LogP contribution in [0.4, 0.5) is 5.95 Å². The minimum Gasteiger partial charge on any atom is -1.00 e. The number of fused-ring (bicyclic) bond motifs is 1. The first-order chi connectivity index (χ1) is 16.7. The van der Waals surface area contributed by atoms with Crippen LogP contribution in [0, 0.1) is 5.92 Å². The SMILES string of the molecule is CCC(CC)Oc1ccc2n(n1)c(N)n[n+]2CC(=O)c1cc(COCC2CC2)cc(C(C)(C)C)c1.[Cl-]. The van der Waals surface area contributed by atoms with Gasteiger partial charge in [-0.25, -0.2) is 0 Å². The standard InChI is InChI=1S/C27H38N5O3.ClH/c1-6-22(7-2)35-24-10-11-25-31(30-26(28)32(25)29-24)15-23(33)20-12-19(17-34-16-18-8-9-18)13-21(14-20)27(3,4)5;/h10-14,18,22H,6-9,15-17H2,1-5H3,(H2,28,30);1H/q+1;/p-1. The number of carbonyl (C=O) groups excluding carboxylic acids is 1. The first-order valence-electron chi connectivity index (χ1n) is 12.6. The lowest BCUT2D eigenvalue weighted by Crippen LogP contribution is -3.00. The van der Waals surface area contributed by atoms with Crippen molar-refractivity contribution in [2.24, 2.45) is 5.92 Å². The lowest BCUT2D eigenvalue weighted by Gasteiger charge is -2.21. The van der Waals surface area contributed by atoms with Crippen LogP contribution in [0.5, 0.6) is 5.88 Å². The van der Waals surface area contributed by atoms with Crippen LogP contribution in [0.25, 0.3) is 5.65 Å². The monoisotopic (exact) mass is 515 g/mol. The number of hydrogen-bond acceptors (Lipinski definition) is 6. The van der Waals surface area contributed by atoms with Crippen molar-refractivity contribution >= 4 is 17.4 Å². The Bertz CT molecular complexity index is 1200. The van der Waals surface area contributed by atoms with Crippen molar-refractivity contribution in [2.45, 2.75) is 85.0 Å². The summed E-state index contributed by atoms with van der Waals surface area (Å²) >= 11 is 0. The molecule has 36 heavy (non-hydrogen) atoms. The summed E-state index contributed by atoms with van der Waals surface area (Å²) in [6, 6.07) is 9.70. The molecule has 0 saturated heterocycles. The summed E-state index contributed by atoms with van der Waals surface area (Å²) in [6.45, 7) is 12.0. The molecule has 9 heteroatoms. The fourth-order valence-electron chi connectivity index (χ4n) is 4.01. The first-order valence-corrected chi connectivity index (χ1v) is 12.6. The molecular formula is C27H38ClN5O3. The van der Waals surface area contributed by atoms with Crippen molar-refractivity contribution < 1.29 is 31.4 Å². The molecular weight excluding hydrogens is 478 g/mol. The average Bonchev–Trinajstić information content (AvgIpc) is 3.60. The minimum atomic E-state index is -0.0879. The van der Waals surface area contributed by atoms with Crippen molar-refractivity contribution in [2.75, 3.05) is 12.3 Å². The Labute approximate surface area is 219 Å². The number of nitrogens with two attached hydrogens (primary N) is 1. The zero-order valence-corrected chi connectivity index (χ0v) is 22.7. The highest BCUT2D eigenvalue weighted by Crippen LogP contribution is 2.30. The van der Waals surface area contributed by atoms with E-state index in [-0.39, 0.29) is 42.2 Å². The smallest absolute Gasteiger partial charge is 0.355 e. The summed E-state index contributed by atoms with van der Waals surface area (Å²) in [5.41, 5.74) is 9.45.